The number of rotatable bonds is 5. The van der Waals surface area contributed by atoms with Crippen LogP contribution >= 0.6 is 0 Å². The number of hydrogen-bond acceptors (Lipinski definition) is 3. The van der Waals surface area contributed by atoms with Gasteiger partial charge >= 0.3 is 0 Å². The lowest BCUT2D eigenvalue weighted by atomic mass is 9.96. The summed E-state index contributed by atoms with van der Waals surface area (Å²) in [6, 6.07) is 8.04. The predicted molar refractivity (Wildman–Crippen MR) is 98.2 cm³/mol. The molecule has 5 heteroatoms. The number of carbonyl (C=O) groups excluding carboxylic acids is 2. The number of amides is 2. The fraction of sp³-hybridized carbons (Fsp3) is 0.600. The van der Waals surface area contributed by atoms with Gasteiger partial charge in [-0.05, 0) is 56.2 Å². The van der Waals surface area contributed by atoms with Crippen LogP contribution in [0.15, 0.2) is 24.3 Å². The van der Waals surface area contributed by atoms with Gasteiger partial charge in [0.15, 0.2) is 0 Å². The summed E-state index contributed by atoms with van der Waals surface area (Å²) in [6.07, 6.45) is 4.56. The molecule has 1 aromatic rings. The Bertz CT molecular complexity index is 611. The van der Waals surface area contributed by atoms with Crippen molar-refractivity contribution in [1.29, 1.82) is 0 Å². The van der Waals surface area contributed by atoms with Crippen LogP contribution in [0.2, 0.25) is 0 Å². The first-order valence-electron chi connectivity index (χ1n) is 9.47. The quantitative estimate of drug-likeness (QED) is 0.854. The minimum atomic E-state index is -0.0256. The Labute approximate surface area is 150 Å². The van der Waals surface area contributed by atoms with Crippen LogP contribution in [-0.4, -0.2) is 48.9 Å². The van der Waals surface area contributed by atoms with Crippen LogP contribution in [-0.2, 0) is 16.0 Å². The number of likely N-dealkylation sites (tertiary alicyclic amines) is 1. The average Bonchev–Trinajstić information content (AvgIpc) is 3.16. The van der Waals surface area contributed by atoms with E-state index in [1.54, 1.807) is 0 Å². The van der Waals surface area contributed by atoms with E-state index in [-0.39, 0.29) is 17.9 Å². The average molecular weight is 343 g/mol. The molecule has 0 aliphatic carbocycles. The summed E-state index contributed by atoms with van der Waals surface area (Å²) in [7, 11) is 0. The molecular weight excluding hydrogens is 314 g/mol. The van der Waals surface area contributed by atoms with Crippen molar-refractivity contribution in [3.63, 3.8) is 0 Å². The van der Waals surface area contributed by atoms with E-state index >= 15 is 0 Å². The van der Waals surface area contributed by atoms with E-state index in [0.717, 1.165) is 50.9 Å². The van der Waals surface area contributed by atoms with Crippen molar-refractivity contribution in [2.75, 3.05) is 26.2 Å². The van der Waals surface area contributed by atoms with Crippen LogP contribution in [0.4, 0.5) is 0 Å². The van der Waals surface area contributed by atoms with Crippen molar-refractivity contribution in [3.05, 3.63) is 35.4 Å². The summed E-state index contributed by atoms with van der Waals surface area (Å²) in [6.45, 7) is 5.24. The van der Waals surface area contributed by atoms with Crippen molar-refractivity contribution < 1.29 is 9.59 Å². The first-order chi connectivity index (χ1) is 12.1. The van der Waals surface area contributed by atoms with E-state index in [9.17, 15) is 9.59 Å². The van der Waals surface area contributed by atoms with Gasteiger partial charge in [0.1, 0.15) is 0 Å². The Morgan fingerprint density at radius 1 is 1.24 bits per heavy atom. The predicted octanol–water partition coefficient (Wildman–Crippen LogP) is 1.64. The molecule has 2 fully saturated rings. The highest BCUT2D eigenvalue weighted by atomic mass is 16.2. The van der Waals surface area contributed by atoms with Gasteiger partial charge in [-0.15, -0.1) is 0 Å². The van der Waals surface area contributed by atoms with Crippen molar-refractivity contribution in [2.45, 2.75) is 45.1 Å². The van der Waals surface area contributed by atoms with E-state index < -0.39 is 0 Å². The lowest BCUT2D eigenvalue weighted by molar-refractivity contribution is -0.132. The van der Waals surface area contributed by atoms with Gasteiger partial charge in [0.25, 0.3) is 0 Å². The molecule has 5 nitrogen and oxygen atoms in total. The zero-order valence-electron chi connectivity index (χ0n) is 15.1. The molecule has 136 valence electrons. The molecule has 2 saturated heterocycles. The normalized spacial score (nSPS) is 23.5. The standard InChI is InChI=1S/C20H29N3O2/c1-15-6-2-3-8-17(15)12-19(24)23-11-5-7-16(14-23)13-22-20(25)18-9-4-10-21-18/h2-3,6,8,16,18,21H,4-5,7,9-14H2,1H3,(H,22,25). The number of aryl methyl sites for hydroxylation is 1. The van der Waals surface area contributed by atoms with E-state index in [1.165, 1.54) is 5.56 Å². The lowest BCUT2D eigenvalue weighted by Crippen LogP contribution is -2.47. The smallest absolute Gasteiger partial charge is 0.237 e. The van der Waals surface area contributed by atoms with Gasteiger partial charge in [-0.1, -0.05) is 24.3 Å². The summed E-state index contributed by atoms with van der Waals surface area (Å²) < 4.78 is 0. The topological polar surface area (TPSA) is 61.4 Å². The van der Waals surface area contributed by atoms with Crippen LogP contribution < -0.4 is 10.6 Å². The van der Waals surface area contributed by atoms with Gasteiger partial charge in [0, 0.05) is 19.6 Å². The van der Waals surface area contributed by atoms with Gasteiger partial charge in [0.05, 0.1) is 12.5 Å². The maximum atomic E-state index is 12.6. The minimum Gasteiger partial charge on any atom is -0.354 e. The third kappa shape index (κ3) is 4.82. The van der Waals surface area contributed by atoms with Gasteiger partial charge in [-0.25, -0.2) is 0 Å². The van der Waals surface area contributed by atoms with Gasteiger partial charge in [0.2, 0.25) is 11.8 Å². The Morgan fingerprint density at radius 2 is 2.08 bits per heavy atom. The van der Waals surface area contributed by atoms with Crippen LogP contribution in [0.3, 0.4) is 0 Å². The largest absolute Gasteiger partial charge is 0.354 e. The van der Waals surface area contributed by atoms with Crippen molar-refractivity contribution in [1.82, 2.24) is 15.5 Å². The third-order valence-electron chi connectivity index (χ3n) is 5.42. The van der Waals surface area contributed by atoms with Crippen LogP contribution in [0, 0.1) is 12.8 Å². The molecule has 0 radical (unpaired) electrons. The van der Waals surface area contributed by atoms with Gasteiger partial charge < -0.3 is 15.5 Å². The monoisotopic (exact) mass is 343 g/mol. The summed E-state index contributed by atoms with van der Waals surface area (Å²) >= 11 is 0. The molecule has 0 aromatic heterocycles. The second kappa shape index (κ2) is 8.48. The maximum Gasteiger partial charge on any atom is 0.237 e. The second-order valence-corrected chi connectivity index (χ2v) is 7.35. The Hall–Kier alpha value is -1.88. The van der Waals surface area contributed by atoms with E-state index in [2.05, 4.69) is 10.6 Å². The number of hydrogen-bond donors (Lipinski definition) is 2. The lowest BCUT2D eigenvalue weighted by Gasteiger charge is -2.33. The van der Waals surface area contributed by atoms with Crippen LogP contribution in [0.5, 0.6) is 0 Å². The molecule has 0 saturated carbocycles. The SMILES string of the molecule is Cc1ccccc1CC(=O)N1CCCC(CNC(=O)C2CCCN2)C1. The number of benzene rings is 1. The third-order valence-corrected chi connectivity index (χ3v) is 5.42. The molecule has 1 aromatic carbocycles. The number of carbonyl (C=O) groups is 2. The summed E-state index contributed by atoms with van der Waals surface area (Å²) in [5, 5.41) is 6.30. The molecule has 2 unspecified atom stereocenters. The number of nitrogens with one attached hydrogen (secondary N) is 2. The second-order valence-electron chi connectivity index (χ2n) is 7.35. The zero-order chi connectivity index (χ0) is 17.6. The highest BCUT2D eigenvalue weighted by Gasteiger charge is 2.26. The molecule has 25 heavy (non-hydrogen) atoms. The maximum absolute atomic E-state index is 12.6. The number of nitrogens with zero attached hydrogens (tertiary/aromatic N) is 1. The molecule has 2 amide bonds. The fourth-order valence-electron chi connectivity index (χ4n) is 3.82. The highest BCUT2D eigenvalue weighted by Crippen LogP contribution is 2.18. The van der Waals surface area contributed by atoms with Crippen molar-refractivity contribution >= 4 is 11.8 Å². The molecule has 2 aliphatic heterocycles. The van der Waals surface area contributed by atoms with Crippen LogP contribution in [0.1, 0.15) is 36.8 Å². The van der Waals surface area contributed by atoms with E-state index in [0.29, 0.717) is 18.9 Å². The van der Waals surface area contributed by atoms with E-state index in [4.69, 9.17) is 0 Å². The van der Waals surface area contributed by atoms with Crippen molar-refractivity contribution in [3.8, 4) is 0 Å². The van der Waals surface area contributed by atoms with E-state index in [1.807, 2.05) is 36.1 Å². The van der Waals surface area contributed by atoms with Crippen LogP contribution in [0.25, 0.3) is 0 Å². The van der Waals surface area contributed by atoms with Gasteiger partial charge in [-0.3, -0.25) is 9.59 Å². The molecule has 2 heterocycles. The fourth-order valence-corrected chi connectivity index (χ4v) is 3.82. The first kappa shape index (κ1) is 17.9. The Balaban J connectivity index is 1.48. The first-order valence-corrected chi connectivity index (χ1v) is 9.47. The molecule has 0 bridgehead atoms. The Kier molecular flexibility index (Phi) is 6.08. The Morgan fingerprint density at radius 3 is 2.84 bits per heavy atom. The summed E-state index contributed by atoms with van der Waals surface area (Å²) in [5.74, 6) is 0.670. The molecular formula is C20H29N3O2. The summed E-state index contributed by atoms with van der Waals surface area (Å²) in [5.41, 5.74) is 2.27. The number of piperidine rings is 1. The minimum absolute atomic E-state index is 0.0256. The molecule has 2 N–H and O–H groups in total. The highest BCUT2D eigenvalue weighted by molar-refractivity contribution is 5.82. The molecule has 0 spiro atoms. The molecule has 2 aliphatic rings. The summed E-state index contributed by atoms with van der Waals surface area (Å²) in [4.78, 5) is 26.7. The van der Waals surface area contributed by atoms with Crippen molar-refractivity contribution in [2.24, 2.45) is 5.92 Å². The zero-order valence-corrected chi connectivity index (χ0v) is 15.1. The van der Waals surface area contributed by atoms with Gasteiger partial charge in [-0.2, -0.15) is 0 Å². The molecule has 2 atom stereocenters. The molecule has 3 rings (SSSR count).